The molecule has 0 amide bonds. The number of piperazine rings is 1. The van der Waals surface area contributed by atoms with Gasteiger partial charge >= 0.3 is 0 Å². The van der Waals surface area contributed by atoms with Gasteiger partial charge in [-0.1, -0.05) is 12.1 Å². The van der Waals surface area contributed by atoms with Crippen LogP contribution in [0.1, 0.15) is 6.42 Å². The van der Waals surface area contributed by atoms with Crippen molar-refractivity contribution in [2.24, 2.45) is 0 Å². The second kappa shape index (κ2) is 5.98. The van der Waals surface area contributed by atoms with Crippen molar-refractivity contribution in [3.8, 4) is 0 Å². The molecule has 0 aromatic heterocycles. The first-order valence-corrected chi connectivity index (χ1v) is 6.16. The van der Waals surface area contributed by atoms with Gasteiger partial charge in [-0.05, 0) is 25.6 Å². The number of nitrogens with one attached hydrogen (secondary N) is 2. The standard InChI is InChI=1S/C13H20FN3/c1-17-9-8-15-11(10-17)6-7-16-13-5-3-2-4-12(13)14/h2-5,11,15-16H,6-10H2,1H3. The highest BCUT2D eigenvalue weighted by atomic mass is 19.1. The van der Waals surface area contributed by atoms with E-state index >= 15 is 0 Å². The molecule has 0 bridgehead atoms. The summed E-state index contributed by atoms with van der Waals surface area (Å²) < 4.78 is 13.3. The molecule has 1 aliphatic rings. The first-order valence-electron chi connectivity index (χ1n) is 6.16. The van der Waals surface area contributed by atoms with Crippen molar-refractivity contribution in [1.29, 1.82) is 0 Å². The van der Waals surface area contributed by atoms with E-state index in [0.29, 0.717) is 11.7 Å². The third-order valence-corrected chi connectivity index (χ3v) is 3.14. The third-order valence-electron chi connectivity index (χ3n) is 3.14. The topological polar surface area (TPSA) is 27.3 Å². The normalized spacial score (nSPS) is 21.4. The van der Waals surface area contributed by atoms with Crippen LogP contribution in [0.25, 0.3) is 0 Å². The van der Waals surface area contributed by atoms with Gasteiger partial charge in [0, 0.05) is 32.2 Å². The van der Waals surface area contributed by atoms with E-state index < -0.39 is 0 Å². The minimum atomic E-state index is -0.179. The first kappa shape index (κ1) is 12.3. The molecule has 1 aromatic carbocycles. The van der Waals surface area contributed by atoms with E-state index in [9.17, 15) is 4.39 Å². The Balaban J connectivity index is 1.74. The monoisotopic (exact) mass is 237 g/mol. The fraction of sp³-hybridized carbons (Fsp3) is 0.538. The molecule has 3 nitrogen and oxygen atoms in total. The second-order valence-electron chi connectivity index (χ2n) is 4.61. The van der Waals surface area contributed by atoms with E-state index in [4.69, 9.17) is 0 Å². The Morgan fingerprint density at radius 3 is 3.06 bits per heavy atom. The predicted octanol–water partition coefficient (Wildman–Crippen LogP) is 1.53. The van der Waals surface area contributed by atoms with Gasteiger partial charge in [-0.15, -0.1) is 0 Å². The van der Waals surface area contributed by atoms with E-state index in [2.05, 4.69) is 22.6 Å². The van der Waals surface area contributed by atoms with Gasteiger partial charge in [0.15, 0.2) is 0 Å². The fourth-order valence-corrected chi connectivity index (χ4v) is 2.17. The van der Waals surface area contributed by atoms with E-state index in [1.54, 1.807) is 12.1 Å². The third kappa shape index (κ3) is 3.68. The molecule has 0 spiro atoms. The van der Waals surface area contributed by atoms with Gasteiger partial charge in [-0.3, -0.25) is 0 Å². The number of para-hydroxylation sites is 1. The Hall–Kier alpha value is -1.13. The van der Waals surface area contributed by atoms with Gasteiger partial charge in [0.25, 0.3) is 0 Å². The lowest BCUT2D eigenvalue weighted by molar-refractivity contribution is 0.234. The van der Waals surface area contributed by atoms with Crippen molar-refractivity contribution < 1.29 is 4.39 Å². The van der Waals surface area contributed by atoms with Crippen molar-refractivity contribution in [3.05, 3.63) is 30.1 Å². The van der Waals surface area contributed by atoms with Gasteiger partial charge in [0.1, 0.15) is 5.82 Å². The number of hydrogen-bond donors (Lipinski definition) is 2. The Labute approximate surface area is 102 Å². The highest BCUT2D eigenvalue weighted by Gasteiger charge is 2.15. The van der Waals surface area contributed by atoms with E-state index in [1.807, 2.05) is 6.07 Å². The Bertz CT molecular complexity index is 356. The molecule has 1 unspecified atom stereocenters. The minimum Gasteiger partial charge on any atom is -0.383 e. The van der Waals surface area contributed by atoms with Crippen LogP contribution in [0.4, 0.5) is 10.1 Å². The number of likely N-dealkylation sites (N-methyl/N-ethyl adjacent to an activating group) is 1. The van der Waals surface area contributed by atoms with Crippen LogP contribution in [-0.2, 0) is 0 Å². The maximum atomic E-state index is 13.3. The minimum absolute atomic E-state index is 0.179. The summed E-state index contributed by atoms with van der Waals surface area (Å²) in [6, 6.07) is 7.31. The van der Waals surface area contributed by atoms with Crippen LogP contribution in [0, 0.1) is 5.82 Å². The highest BCUT2D eigenvalue weighted by Crippen LogP contribution is 2.12. The zero-order valence-electron chi connectivity index (χ0n) is 10.2. The summed E-state index contributed by atoms with van der Waals surface area (Å²) in [6.45, 7) is 4.02. The van der Waals surface area contributed by atoms with Crippen LogP contribution >= 0.6 is 0 Å². The summed E-state index contributed by atoms with van der Waals surface area (Å²) in [5.74, 6) is -0.179. The molecule has 0 saturated carbocycles. The van der Waals surface area contributed by atoms with Crippen LogP contribution in [-0.4, -0.2) is 44.2 Å². The molecule has 2 rings (SSSR count). The predicted molar refractivity (Wildman–Crippen MR) is 68.8 cm³/mol. The molecular formula is C13H20FN3. The lowest BCUT2D eigenvalue weighted by atomic mass is 10.1. The molecule has 17 heavy (non-hydrogen) atoms. The summed E-state index contributed by atoms with van der Waals surface area (Å²) >= 11 is 0. The maximum absolute atomic E-state index is 13.3. The van der Waals surface area contributed by atoms with E-state index in [1.165, 1.54) is 6.07 Å². The molecule has 1 atom stereocenters. The molecule has 2 N–H and O–H groups in total. The number of hydrogen-bond acceptors (Lipinski definition) is 3. The summed E-state index contributed by atoms with van der Waals surface area (Å²) in [5.41, 5.74) is 0.594. The lowest BCUT2D eigenvalue weighted by Crippen LogP contribution is -2.49. The summed E-state index contributed by atoms with van der Waals surface area (Å²) in [7, 11) is 2.14. The van der Waals surface area contributed by atoms with Gasteiger partial charge < -0.3 is 15.5 Å². The lowest BCUT2D eigenvalue weighted by Gasteiger charge is -2.31. The average Bonchev–Trinajstić information content (AvgIpc) is 2.32. The summed E-state index contributed by atoms with van der Waals surface area (Å²) in [5, 5.41) is 6.62. The largest absolute Gasteiger partial charge is 0.383 e. The van der Waals surface area contributed by atoms with Gasteiger partial charge in [-0.2, -0.15) is 0 Å². The molecule has 1 saturated heterocycles. The zero-order valence-corrected chi connectivity index (χ0v) is 10.2. The quantitative estimate of drug-likeness (QED) is 0.831. The van der Waals surface area contributed by atoms with Crippen molar-refractivity contribution in [1.82, 2.24) is 10.2 Å². The number of benzene rings is 1. The van der Waals surface area contributed by atoms with Crippen LogP contribution in [0.15, 0.2) is 24.3 Å². The van der Waals surface area contributed by atoms with Crippen molar-refractivity contribution >= 4 is 5.69 Å². The van der Waals surface area contributed by atoms with Gasteiger partial charge in [-0.25, -0.2) is 4.39 Å². The molecule has 0 radical (unpaired) electrons. The van der Waals surface area contributed by atoms with E-state index in [-0.39, 0.29) is 5.82 Å². The smallest absolute Gasteiger partial charge is 0.146 e. The fourth-order valence-electron chi connectivity index (χ4n) is 2.17. The molecule has 1 aliphatic heterocycles. The molecular weight excluding hydrogens is 217 g/mol. The molecule has 4 heteroatoms. The first-order chi connectivity index (χ1) is 8.25. The maximum Gasteiger partial charge on any atom is 0.146 e. The number of anilines is 1. The van der Waals surface area contributed by atoms with Crippen LogP contribution in [0.3, 0.4) is 0 Å². The van der Waals surface area contributed by atoms with E-state index in [0.717, 1.165) is 32.6 Å². The zero-order chi connectivity index (χ0) is 12.1. The van der Waals surface area contributed by atoms with Gasteiger partial charge in [0.2, 0.25) is 0 Å². The highest BCUT2D eigenvalue weighted by molar-refractivity contribution is 5.44. The second-order valence-corrected chi connectivity index (χ2v) is 4.61. The van der Waals surface area contributed by atoms with Crippen molar-refractivity contribution in [2.45, 2.75) is 12.5 Å². The van der Waals surface area contributed by atoms with Crippen LogP contribution in [0.5, 0.6) is 0 Å². The van der Waals surface area contributed by atoms with Crippen LogP contribution in [0.2, 0.25) is 0 Å². The summed E-state index contributed by atoms with van der Waals surface area (Å²) in [6.07, 6.45) is 1.01. The van der Waals surface area contributed by atoms with Crippen LogP contribution < -0.4 is 10.6 Å². The average molecular weight is 237 g/mol. The molecule has 1 fully saturated rings. The Morgan fingerprint density at radius 2 is 2.29 bits per heavy atom. The summed E-state index contributed by atoms with van der Waals surface area (Å²) in [4.78, 5) is 2.32. The molecule has 1 aromatic rings. The van der Waals surface area contributed by atoms with Crippen molar-refractivity contribution in [2.75, 3.05) is 38.5 Å². The molecule has 94 valence electrons. The van der Waals surface area contributed by atoms with Gasteiger partial charge in [0.05, 0.1) is 5.69 Å². The Kier molecular flexibility index (Phi) is 4.34. The molecule has 1 heterocycles. The number of halogens is 1. The SMILES string of the molecule is CN1CCNC(CCNc2ccccc2F)C1. The Morgan fingerprint density at radius 1 is 1.47 bits per heavy atom. The van der Waals surface area contributed by atoms with Crippen molar-refractivity contribution in [3.63, 3.8) is 0 Å². The number of nitrogens with zero attached hydrogens (tertiary/aromatic N) is 1. The number of rotatable bonds is 4. The molecule has 0 aliphatic carbocycles.